The Hall–Kier alpha value is -3.10. The molecular weight excluding hydrogens is 388 g/mol. The molecule has 1 aromatic heterocycles. The summed E-state index contributed by atoms with van der Waals surface area (Å²) in [7, 11) is 0. The highest BCUT2D eigenvalue weighted by Crippen LogP contribution is 2.25. The lowest BCUT2D eigenvalue weighted by atomic mass is 9.99. The molecule has 0 spiro atoms. The maximum Gasteiger partial charge on any atom is 0.417 e. The summed E-state index contributed by atoms with van der Waals surface area (Å²) in [4.78, 5) is 42.3. The molecule has 0 aliphatic rings. The molecule has 0 radical (unpaired) electrons. The number of nitrogens with two attached hydrogens (primary N) is 1. The van der Waals surface area contributed by atoms with Crippen molar-refractivity contribution < 1.29 is 23.6 Å². The van der Waals surface area contributed by atoms with Crippen LogP contribution in [0.4, 0.5) is 0 Å². The van der Waals surface area contributed by atoms with Crippen LogP contribution in [-0.2, 0) is 32.2 Å². The van der Waals surface area contributed by atoms with Crippen molar-refractivity contribution in [2.45, 2.75) is 19.4 Å². The number of oxazole rings is 1. The molecule has 8 nitrogen and oxygen atoms in total. The fourth-order valence-electron chi connectivity index (χ4n) is 2.75. The number of hydrogen-bond donors (Lipinski definition) is 2. The molecule has 9 heteroatoms. The number of ether oxygens (including phenoxy) is 1. The van der Waals surface area contributed by atoms with Gasteiger partial charge in [-0.2, -0.15) is 5.90 Å². The monoisotopic (exact) mass is 404 g/mol. The van der Waals surface area contributed by atoms with E-state index in [1.807, 2.05) is 18.2 Å². The average Bonchev–Trinajstić information content (AvgIpc) is 3.05. The molecule has 0 bridgehead atoms. The number of rotatable bonds is 7. The van der Waals surface area contributed by atoms with Gasteiger partial charge in [0.1, 0.15) is 6.61 Å². The van der Waals surface area contributed by atoms with Crippen LogP contribution in [0.25, 0.3) is 11.1 Å². The second-order valence-corrected chi connectivity index (χ2v) is 6.48. The highest BCUT2D eigenvalue weighted by molar-refractivity contribution is 6.32. The third kappa shape index (κ3) is 4.59. The number of aryl methyl sites for hydroxylation is 1. The predicted octanol–water partition coefficient (Wildman–Crippen LogP) is 2.48. The Bertz CT molecular complexity index is 1040. The Kier molecular flexibility index (Phi) is 6.13. The minimum Gasteiger partial charge on any atom is -0.460 e. The molecule has 3 rings (SSSR count). The van der Waals surface area contributed by atoms with Gasteiger partial charge in [0.15, 0.2) is 11.5 Å². The average molecular weight is 405 g/mol. The van der Waals surface area contributed by atoms with Gasteiger partial charge in [0.2, 0.25) is 0 Å². The second kappa shape index (κ2) is 8.73. The van der Waals surface area contributed by atoms with E-state index in [1.54, 1.807) is 24.3 Å². The highest BCUT2D eigenvalue weighted by Gasteiger charge is 2.30. The SMILES string of the molecule is NOC(=O)[C@H](CCc1cc2oc(=O)[nH]c2cc1Cl)C(=O)OCc1ccccc1. The quantitative estimate of drug-likeness (QED) is 0.352. The first-order chi connectivity index (χ1) is 13.5. The third-order valence-corrected chi connectivity index (χ3v) is 4.55. The van der Waals surface area contributed by atoms with Crippen molar-refractivity contribution in [2.24, 2.45) is 11.8 Å². The van der Waals surface area contributed by atoms with Crippen molar-refractivity contribution in [1.29, 1.82) is 0 Å². The number of aromatic nitrogens is 1. The van der Waals surface area contributed by atoms with Crippen LogP contribution < -0.4 is 11.7 Å². The van der Waals surface area contributed by atoms with Crippen LogP contribution in [0.5, 0.6) is 0 Å². The number of hydrogen-bond acceptors (Lipinski definition) is 7. The summed E-state index contributed by atoms with van der Waals surface area (Å²) in [5, 5.41) is 0.363. The van der Waals surface area contributed by atoms with E-state index in [-0.39, 0.29) is 19.4 Å². The maximum atomic E-state index is 12.4. The lowest BCUT2D eigenvalue weighted by Gasteiger charge is -2.14. The van der Waals surface area contributed by atoms with Crippen molar-refractivity contribution in [2.75, 3.05) is 0 Å². The number of fused-ring (bicyclic) bond motifs is 1. The van der Waals surface area contributed by atoms with E-state index < -0.39 is 23.6 Å². The van der Waals surface area contributed by atoms with E-state index in [4.69, 9.17) is 26.7 Å². The molecule has 0 aliphatic carbocycles. The normalized spacial score (nSPS) is 11.9. The first kappa shape index (κ1) is 19.7. The van der Waals surface area contributed by atoms with Gasteiger partial charge in [-0.15, -0.1) is 0 Å². The van der Waals surface area contributed by atoms with Gasteiger partial charge in [-0.05, 0) is 36.1 Å². The number of carbonyl (C=O) groups excluding carboxylic acids is 2. The minimum atomic E-state index is -1.21. The van der Waals surface area contributed by atoms with Crippen LogP contribution in [0.1, 0.15) is 17.5 Å². The summed E-state index contributed by atoms with van der Waals surface area (Å²) in [5.41, 5.74) is 2.17. The van der Waals surface area contributed by atoms with Crippen molar-refractivity contribution >= 4 is 34.6 Å². The second-order valence-electron chi connectivity index (χ2n) is 6.08. The van der Waals surface area contributed by atoms with Gasteiger partial charge in [0.05, 0.1) is 5.52 Å². The number of nitrogens with one attached hydrogen (secondary N) is 1. The maximum absolute atomic E-state index is 12.4. The number of aromatic amines is 1. The van der Waals surface area contributed by atoms with Crippen LogP contribution in [0, 0.1) is 5.92 Å². The lowest BCUT2D eigenvalue weighted by Crippen LogP contribution is -2.30. The first-order valence-electron chi connectivity index (χ1n) is 8.40. The zero-order chi connectivity index (χ0) is 20.1. The fraction of sp³-hybridized carbons (Fsp3) is 0.211. The number of esters is 1. The molecule has 1 atom stereocenters. The van der Waals surface area contributed by atoms with Gasteiger partial charge in [-0.3, -0.25) is 9.78 Å². The topological polar surface area (TPSA) is 125 Å². The zero-order valence-electron chi connectivity index (χ0n) is 14.6. The number of carbonyl (C=O) groups is 2. The largest absolute Gasteiger partial charge is 0.460 e. The van der Waals surface area contributed by atoms with Gasteiger partial charge >= 0.3 is 17.7 Å². The van der Waals surface area contributed by atoms with Crippen LogP contribution in [0.2, 0.25) is 5.02 Å². The van der Waals surface area contributed by atoms with Gasteiger partial charge in [-0.25, -0.2) is 9.59 Å². The first-order valence-corrected chi connectivity index (χ1v) is 8.78. The van der Waals surface area contributed by atoms with Crippen molar-refractivity contribution in [1.82, 2.24) is 4.98 Å². The number of halogens is 1. The molecule has 0 aliphatic heterocycles. The summed E-state index contributed by atoms with van der Waals surface area (Å²) < 4.78 is 10.2. The van der Waals surface area contributed by atoms with E-state index in [1.165, 1.54) is 0 Å². The fourth-order valence-corrected chi connectivity index (χ4v) is 3.01. The Morgan fingerprint density at radius 3 is 2.64 bits per heavy atom. The van der Waals surface area contributed by atoms with E-state index in [2.05, 4.69) is 9.82 Å². The predicted molar refractivity (Wildman–Crippen MR) is 100 cm³/mol. The Morgan fingerprint density at radius 2 is 1.93 bits per heavy atom. The Balaban J connectivity index is 1.70. The van der Waals surface area contributed by atoms with E-state index in [9.17, 15) is 14.4 Å². The van der Waals surface area contributed by atoms with Crippen LogP contribution in [0.15, 0.2) is 51.7 Å². The molecule has 0 saturated heterocycles. The Morgan fingerprint density at radius 1 is 1.18 bits per heavy atom. The van der Waals surface area contributed by atoms with E-state index in [0.717, 1.165) is 5.56 Å². The van der Waals surface area contributed by atoms with E-state index in [0.29, 0.717) is 21.7 Å². The van der Waals surface area contributed by atoms with Gasteiger partial charge < -0.3 is 14.0 Å². The van der Waals surface area contributed by atoms with Crippen LogP contribution >= 0.6 is 11.6 Å². The van der Waals surface area contributed by atoms with Gasteiger partial charge in [-0.1, -0.05) is 41.9 Å². The molecule has 0 saturated carbocycles. The summed E-state index contributed by atoms with van der Waals surface area (Å²) >= 11 is 6.21. The Labute approximate surface area is 164 Å². The molecule has 28 heavy (non-hydrogen) atoms. The van der Waals surface area contributed by atoms with Crippen molar-refractivity contribution in [3.63, 3.8) is 0 Å². The third-order valence-electron chi connectivity index (χ3n) is 4.20. The standard InChI is InChI=1S/C19H17ClN2O6/c20-14-9-15-16(27-19(25)22-15)8-12(14)6-7-13(18(24)28-21)17(23)26-10-11-4-2-1-3-5-11/h1-5,8-9,13H,6-7,10,21H2,(H,22,25)/t13-/m1/s1. The molecular formula is C19H17ClN2O6. The van der Waals surface area contributed by atoms with Crippen molar-refractivity contribution in [3.05, 3.63) is 69.2 Å². The summed E-state index contributed by atoms with van der Waals surface area (Å²) in [6.45, 7) is 0.0231. The molecule has 3 N–H and O–H groups in total. The van der Waals surface area contributed by atoms with E-state index >= 15 is 0 Å². The minimum absolute atomic E-state index is 0.0231. The van der Waals surface area contributed by atoms with Crippen molar-refractivity contribution in [3.8, 4) is 0 Å². The molecule has 2 aromatic carbocycles. The summed E-state index contributed by atoms with van der Waals surface area (Å²) in [6, 6.07) is 12.2. The van der Waals surface area contributed by atoms with Gasteiger partial charge in [0, 0.05) is 5.02 Å². The summed E-state index contributed by atoms with van der Waals surface area (Å²) in [6.07, 6.45) is 0.299. The molecule has 146 valence electrons. The molecule has 1 heterocycles. The summed E-state index contributed by atoms with van der Waals surface area (Å²) in [5.74, 6) is 1.50. The molecule has 0 fully saturated rings. The zero-order valence-corrected chi connectivity index (χ0v) is 15.4. The van der Waals surface area contributed by atoms with Gasteiger partial charge in [0.25, 0.3) is 0 Å². The lowest BCUT2D eigenvalue weighted by molar-refractivity contribution is -0.163. The number of H-pyrrole nitrogens is 1. The molecule has 0 amide bonds. The molecule has 3 aromatic rings. The van der Waals surface area contributed by atoms with Crippen LogP contribution in [-0.4, -0.2) is 16.9 Å². The smallest absolute Gasteiger partial charge is 0.417 e. The number of benzene rings is 2. The van der Waals surface area contributed by atoms with Crippen LogP contribution in [0.3, 0.4) is 0 Å². The highest BCUT2D eigenvalue weighted by atomic mass is 35.5. The molecule has 0 unspecified atom stereocenters.